The zero-order valence-corrected chi connectivity index (χ0v) is 13.7. The third-order valence-corrected chi connectivity index (χ3v) is 4.58. The van der Waals surface area contributed by atoms with Gasteiger partial charge in [-0.2, -0.15) is 0 Å². The van der Waals surface area contributed by atoms with E-state index in [1.165, 1.54) is 25.7 Å². The number of hydrogen-bond acceptors (Lipinski definition) is 5. The van der Waals surface area contributed by atoms with Gasteiger partial charge in [-0.25, -0.2) is 4.79 Å². The number of ether oxygens (including phenoxy) is 1. The molecule has 128 valence electrons. The SMILES string of the molecule is COc1ccc(-c2onc(NCCC3CCCC3)c2C(=O)O)cc1. The van der Waals surface area contributed by atoms with Crippen LogP contribution in [0.15, 0.2) is 28.8 Å². The molecule has 1 aliphatic rings. The molecule has 2 aromatic rings. The molecule has 0 atom stereocenters. The average molecular weight is 330 g/mol. The van der Waals surface area contributed by atoms with Crippen molar-refractivity contribution >= 4 is 11.8 Å². The molecule has 0 radical (unpaired) electrons. The van der Waals surface area contributed by atoms with Gasteiger partial charge in [0.15, 0.2) is 17.1 Å². The van der Waals surface area contributed by atoms with E-state index in [-0.39, 0.29) is 11.3 Å². The number of nitrogens with one attached hydrogen (secondary N) is 1. The molecule has 1 fully saturated rings. The Balaban J connectivity index is 1.75. The number of anilines is 1. The van der Waals surface area contributed by atoms with Crippen molar-refractivity contribution < 1.29 is 19.2 Å². The molecule has 1 aromatic heterocycles. The molecular weight excluding hydrogens is 308 g/mol. The molecule has 0 spiro atoms. The van der Waals surface area contributed by atoms with Gasteiger partial charge in [0.25, 0.3) is 0 Å². The average Bonchev–Trinajstić information content (AvgIpc) is 3.24. The van der Waals surface area contributed by atoms with Crippen molar-refractivity contribution in [2.45, 2.75) is 32.1 Å². The Kier molecular flexibility index (Phi) is 5.03. The fourth-order valence-corrected chi connectivity index (χ4v) is 3.24. The minimum atomic E-state index is -1.05. The zero-order valence-electron chi connectivity index (χ0n) is 13.7. The largest absolute Gasteiger partial charge is 0.497 e. The van der Waals surface area contributed by atoms with Gasteiger partial charge in [0.1, 0.15) is 5.75 Å². The monoisotopic (exact) mass is 330 g/mol. The number of carbonyl (C=O) groups is 1. The fraction of sp³-hybridized carbons (Fsp3) is 0.444. The summed E-state index contributed by atoms with van der Waals surface area (Å²) in [5.41, 5.74) is 0.733. The number of aromatic carboxylic acids is 1. The van der Waals surface area contributed by atoms with Crippen molar-refractivity contribution in [3.05, 3.63) is 29.8 Å². The first-order chi connectivity index (χ1) is 11.7. The highest BCUT2D eigenvalue weighted by atomic mass is 16.5. The van der Waals surface area contributed by atoms with Crippen LogP contribution in [0.25, 0.3) is 11.3 Å². The number of benzene rings is 1. The van der Waals surface area contributed by atoms with E-state index in [2.05, 4.69) is 10.5 Å². The van der Waals surface area contributed by atoms with E-state index in [0.29, 0.717) is 23.7 Å². The number of carboxylic acid groups (broad SMARTS) is 1. The van der Waals surface area contributed by atoms with Crippen LogP contribution in [0.5, 0.6) is 5.75 Å². The quantitative estimate of drug-likeness (QED) is 0.797. The van der Waals surface area contributed by atoms with E-state index >= 15 is 0 Å². The van der Waals surface area contributed by atoms with Gasteiger partial charge in [0.05, 0.1) is 7.11 Å². The normalized spacial score (nSPS) is 14.7. The molecule has 1 aliphatic carbocycles. The summed E-state index contributed by atoms with van der Waals surface area (Å²) in [7, 11) is 1.58. The fourth-order valence-electron chi connectivity index (χ4n) is 3.24. The summed E-state index contributed by atoms with van der Waals surface area (Å²) in [4.78, 5) is 11.7. The van der Waals surface area contributed by atoms with Gasteiger partial charge in [0, 0.05) is 12.1 Å². The molecule has 2 N–H and O–H groups in total. The van der Waals surface area contributed by atoms with E-state index in [1.54, 1.807) is 31.4 Å². The van der Waals surface area contributed by atoms with Crippen LogP contribution in [0.1, 0.15) is 42.5 Å². The predicted octanol–water partition coefficient (Wildman–Crippen LogP) is 4.04. The maximum atomic E-state index is 11.7. The van der Waals surface area contributed by atoms with E-state index in [9.17, 15) is 9.90 Å². The number of carboxylic acids is 1. The summed E-state index contributed by atoms with van der Waals surface area (Å²) in [5, 5.41) is 16.6. The lowest BCUT2D eigenvalue weighted by molar-refractivity contribution is 0.0698. The van der Waals surface area contributed by atoms with E-state index < -0.39 is 5.97 Å². The zero-order chi connectivity index (χ0) is 16.9. The molecule has 24 heavy (non-hydrogen) atoms. The molecule has 0 saturated heterocycles. The molecule has 1 heterocycles. The lowest BCUT2D eigenvalue weighted by atomic mass is 10.0. The maximum Gasteiger partial charge on any atom is 0.343 e. The van der Waals surface area contributed by atoms with Crippen LogP contribution in [-0.4, -0.2) is 29.9 Å². The second-order valence-electron chi connectivity index (χ2n) is 6.13. The summed E-state index contributed by atoms with van der Waals surface area (Å²) in [5.74, 6) is 0.939. The van der Waals surface area contributed by atoms with Crippen molar-refractivity contribution in [3.8, 4) is 17.1 Å². The third-order valence-electron chi connectivity index (χ3n) is 4.58. The Hall–Kier alpha value is -2.50. The number of nitrogens with zero attached hydrogens (tertiary/aromatic N) is 1. The lowest BCUT2D eigenvalue weighted by Crippen LogP contribution is -2.10. The van der Waals surface area contributed by atoms with Crippen molar-refractivity contribution in [2.75, 3.05) is 19.0 Å². The van der Waals surface area contributed by atoms with Crippen molar-refractivity contribution in [1.29, 1.82) is 0 Å². The van der Waals surface area contributed by atoms with Gasteiger partial charge in [-0.1, -0.05) is 30.8 Å². The molecule has 1 saturated carbocycles. The lowest BCUT2D eigenvalue weighted by Gasteiger charge is -2.09. The highest BCUT2D eigenvalue weighted by Crippen LogP contribution is 2.31. The summed E-state index contributed by atoms with van der Waals surface area (Å²) in [6.07, 6.45) is 6.17. The predicted molar refractivity (Wildman–Crippen MR) is 90.5 cm³/mol. The van der Waals surface area contributed by atoms with E-state index in [4.69, 9.17) is 9.26 Å². The van der Waals surface area contributed by atoms with Crippen LogP contribution in [0.2, 0.25) is 0 Å². The molecule has 3 rings (SSSR count). The number of aromatic nitrogens is 1. The molecule has 0 unspecified atom stereocenters. The molecule has 0 amide bonds. The van der Waals surface area contributed by atoms with Gasteiger partial charge < -0.3 is 19.7 Å². The Morgan fingerprint density at radius 3 is 2.67 bits per heavy atom. The summed E-state index contributed by atoms with van der Waals surface area (Å²) in [6.45, 7) is 0.708. The second kappa shape index (κ2) is 7.38. The number of rotatable bonds is 7. The van der Waals surface area contributed by atoms with Crippen LogP contribution < -0.4 is 10.1 Å². The first kappa shape index (κ1) is 16.4. The van der Waals surface area contributed by atoms with Gasteiger partial charge in [-0.3, -0.25) is 0 Å². The van der Waals surface area contributed by atoms with Crippen LogP contribution >= 0.6 is 0 Å². The summed E-state index contributed by atoms with van der Waals surface area (Å²) >= 11 is 0. The van der Waals surface area contributed by atoms with Crippen LogP contribution in [0.4, 0.5) is 5.82 Å². The van der Waals surface area contributed by atoms with Crippen molar-refractivity contribution in [1.82, 2.24) is 5.16 Å². The third kappa shape index (κ3) is 3.53. The van der Waals surface area contributed by atoms with Crippen LogP contribution in [-0.2, 0) is 0 Å². The molecule has 0 aliphatic heterocycles. The molecule has 1 aromatic carbocycles. The van der Waals surface area contributed by atoms with Gasteiger partial charge in [-0.15, -0.1) is 0 Å². The first-order valence-corrected chi connectivity index (χ1v) is 8.30. The van der Waals surface area contributed by atoms with Gasteiger partial charge in [0.2, 0.25) is 0 Å². The summed E-state index contributed by atoms with van der Waals surface area (Å²) < 4.78 is 10.4. The van der Waals surface area contributed by atoms with Gasteiger partial charge in [-0.05, 0) is 36.6 Å². The summed E-state index contributed by atoms with van der Waals surface area (Å²) in [6, 6.07) is 7.04. The Bertz CT molecular complexity index is 688. The Morgan fingerprint density at radius 2 is 2.04 bits per heavy atom. The van der Waals surface area contributed by atoms with Crippen molar-refractivity contribution in [2.24, 2.45) is 5.92 Å². The minimum Gasteiger partial charge on any atom is -0.497 e. The van der Waals surface area contributed by atoms with Gasteiger partial charge >= 0.3 is 5.97 Å². The Labute approximate surface area is 140 Å². The molecule has 6 heteroatoms. The molecule has 6 nitrogen and oxygen atoms in total. The first-order valence-electron chi connectivity index (χ1n) is 8.30. The van der Waals surface area contributed by atoms with E-state index in [0.717, 1.165) is 12.3 Å². The van der Waals surface area contributed by atoms with Crippen molar-refractivity contribution in [3.63, 3.8) is 0 Å². The number of methoxy groups -OCH3 is 1. The topological polar surface area (TPSA) is 84.6 Å². The van der Waals surface area contributed by atoms with E-state index in [1.807, 2.05) is 0 Å². The highest BCUT2D eigenvalue weighted by molar-refractivity contribution is 5.99. The van der Waals surface area contributed by atoms with Crippen LogP contribution in [0, 0.1) is 5.92 Å². The Morgan fingerprint density at radius 1 is 1.33 bits per heavy atom. The maximum absolute atomic E-state index is 11.7. The van der Waals surface area contributed by atoms with Crippen LogP contribution in [0.3, 0.4) is 0 Å². The number of hydrogen-bond donors (Lipinski definition) is 2. The molecule has 0 bridgehead atoms. The smallest absolute Gasteiger partial charge is 0.343 e. The second-order valence-corrected chi connectivity index (χ2v) is 6.13. The highest BCUT2D eigenvalue weighted by Gasteiger charge is 2.24. The minimum absolute atomic E-state index is 0.0755. The standard InChI is InChI=1S/C18H22N2O4/c1-23-14-8-6-13(7-9-14)16-15(18(21)22)17(20-24-16)19-11-10-12-4-2-3-5-12/h6-9,12H,2-5,10-11H2,1H3,(H,19,20)(H,21,22). The molecular formula is C18H22N2O4.